The van der Waals surface area contributed by atoms with E-state index in [-0.39, 0.29) is 0 Å². The van der Waals surface area contributed by atoms with Gasteiger partial charge in [0.15, 0.2) is 0 Å². The molecular weight excluding hydrogens is 230 g/mol. The second-order valence-electron chi connectivity index (χ2n) is 5.35. The van der Waals surface area contributed by atoms with Crippen LogP contribution in [0, 0.1) is 11.8 Å². The molecule has 3 atom stereocenters. The maximum absolute atomic E-state index is 5.90. The summed E-state index contributed by atoms with van der Waals surface area (Å²) in [5.41, 5.74) is 1.32. The van der Waals surface area contributed by atoms with Crippen molar-refractivity contribution in [2.45, 2.75) is 39.2 Å². The van der Waals surface area contributed by atoms with Gasteiger partial charge < -0.3 is 5.32 Å². The van der Waals surface area contributed by atoms with Crippen molar-refractivity contribution in [2.75, 3.05) is 6.54 Å². The first-order chi connectivity index (χ1) is 8.16. The summed E-state index contributed by atoms with van der Waals surface area (Å²) in [7, 11) is 0. The molecular formula is C15H22ClN. The first-order valence-corrected chi connectivity index (χ1v) is 7.03. The minimum absolute atomic E-state index is 0.417. The van der Waals surface area contributed by atoms with Crippen LogP contribution in [0.3, 0.4) is 0 Å². The Hall–Kier alpha value is -0.530. The number of halogens is 1. The Kier molecular flexibility index (Phi) is 4.47. The molecule has 0 amide bonds. The van der Waals surface area contributed by atoms with Gasteiger partial charge in [0.2, 0.25) is 0 Å². The molecule has 0 heterocycles. The maximum Gasteiger partial charge on any atom is 0.0406 e. The van der Waals surface area contributed by atoms with Crippen molar-refractivity contribution in [1.29, 1.82) is 0 Å². The minimum Gasteiger partial charge on any atom is -0.310 e. The van der Waals surface area contributed by atoms with Gasteiger partial charge in [0.1, 0.15) is 0 Å². The average molecular weight is 252 g/mol. The average Bonchev–Trinajstić information content (AvgIpc) is 2.73. The van der Waals surface area contributed by atoms with Gasteiger partial charge >= 0.3 is 0 Å². The molecule has 2 heteroatoms. The van der Waals surface area contributed by atoms with Crippen molar-refractivity contribution in [2.24, 2.45) is 11.8 Å². The van der Waals surface area contributed by atoms with Crippen molar-refractivity contribution >= 4 is 11.6 Å². The second kappa shape index (κ2) is 5.88. The van der Waals surface area contributed by atoms with Crippen molar-refractivity contribution in [3.8, 4) is 0 Å². The van der Waals surface area contributed by atoms with Gasteiger partial charge in [0, 0.05) is 11.1 Å². The molecule has 0 aliphatic heterocycles. The van der Waals surface area contributed by atoms with Crippen LogP contribution in [0.4, 0.5) is 0 Å². The van der Waals surface area contributed by atoms with Crippen LogP contribution >= 0.6 is 11.6 Å². The van der Waals surface area contributed by atoms with Crippen LogP contribution in [0.5, 0.6) is 0 Å². The Morgan fingerprint density at radius 1 is 1.29 bits per heavy atom. The van der Waals surface area contributed by atoms with Crippen molar-refractivity contribution in [1.82, 2.24) is 5.32 Å². The van der Waals surface area contributed by atoms with E-state index in [1.807, 2.05) is 12.1 Å². The zero-order valence-corrected chi connectivity index (χ0v) is 11.5. The highest BCUT2D eigenvalue weighted by atomic mass is 35.5. The summed E-state index contributed by atoms with van der Waals surface area (Å²) in [5.74, 6) is 1.75. The molecule has 1 aliphatic carbocycles. The van der Waals surface area contributed by atoms with E-state index in [1.165, 1.54) is 24.8 Å². The Balaban J connectivity index is 1.84. The molecule has 1 saturated carbocycles. The molecule has 1 aliphatic rings. The predicted octanol–water partition coefficient (Wildman–Crippen LogP) is 4.43. The van der Waals surface area contributed by atoms with Crippen molar-refractivity contribution < 1.29 is 0 Å². The molecule has 0 saturated heterocycles. The summed E-state index contributed by atoms with van der Waals surface area (Å²) in [5, 5.41) is 4.46. The summed E-state index contributed by atoms with van der Waals surface area (Å²) < 4.78 is 0. The zero-order valence-electron chi connectivity index (χ0n) is 10.7. The van der Waals surface area contributed by atoms with Gasteiger partial charge in [-0.15, -0.1) is 0 Å². The molecule has 1 aromatic rings. The molecule has 0 bridgehead atoms. The fourth-order valence-corrected chi connectivity index (χ4v) is 2.85. The monoisotopic (exact) mass is 251 g/mol. The van der Waals surface area contributed by atoms with E-state index in [4.69, 9.17) is 11.6 Å². The summed E-state index contributed by atoms with van der Waals surface area (Å²) >= 11 is 5.90. The van der Waals surface area contributed by atoms with E-state index < -0.39 is 0 Å². The number of hydrogen-bond acceptors (Lipinski definition) is 1. The normalized spacial score (nSPS) is 26.1. The lowest BCUT2D eigenvalue weighted by molar-refractivity contribution is 0.375. The van der Waals surface area contributed by atoms with Gasteiger partial charge in [-0.25, -0.2) is 0 Å². The van der Waals surface area contributed by atoms with Crippen LogP contribution in [0.1, 0.15) is 44.7 Å². The van der Waals surface area contributed by atoms with Gasteiger partial charge in [0.25, 0.3) is 0 Å². The molecule has 2 rings (SSSR count). The topological polar surface area (TPSA) is 12.0 Å². The van der Waals surface area contributed by atoms with Gasteiger partial charge in [-0.2, -0.15) is 0 Å². The lowest BCUT2D eigenvalue weighted by Gasteiger charge is -2.20. The van der Waals surface area contributed by atoms with E-state index in [9.17, 15) is 0 Å². The SMILES string of the molecule is CC(NCC1CCCC1C)c1ccc(Cl)cc1. The third-order valence-corrected chi connectivity index (χ3v) is 4.35. The van der Waals surface area contributed by atoms with Crippen molar-refractivity contribution in [3.05, 3.63) is 34.9 Å². The van der Waals surface area contributed by atoms with Crippen LogP contribution in [-0.2, 0) is 0 Å². The molecule has 0 aromatic heterocycles. The lowest BCUT2D eigenvalue weighted by Crippen LogP contribution is -2.26. The Bertz CT molecular complexity index is 346. The predicted molar refractivity (Wildman–Crippen MR) is 74.4 cm³/mol. The quantitative estimate of drug-likeness (QED) is 0.835. The minimum atomic E-state index is 0.417. The summed E-state index contributed by atoms with van der Waals surface area (Å²) in [6.07, 6.45) is 4.20. The molecule has 17 heavy (non-hydrogen) atoms. The summed E-state index contributed by atoms with van der Waals surface area (Å²) in [6, 6.07) is 8.57. The highest BCUT2D eigenvalue weighted by Crippen LogP contribution is 2.31. The van der Waals surface area contributed by atoms with E-state index in [1.54, 1.807) is 0 Å². The molecule has 0 spiro atoms. The van der Waals surface area contributed by atoms with Crippen LogP contribution in [0.2, 0.25) is 5.02 Å². The van der Waals surface area contributed by atoms with Crippen LogP contribution in [-0.4, -0.2) is 6.54 Å². The smallest absolute Gasteiger partial charge is 0.0406 e. The molecule has 0 radical (unpaired) electrons. The molecule has 1 fully saturated rings. The summed E-state index contributed by atoms with van der Waals surface area (Å²) in [6.45, 7) is 5.75. The molecule has 94 valence electrons. The number of hydrogen-bond donors (Lipinski definition) is 1. The molecule has 3 unspecified atom stereocenters. The molecule has 1 aromatic carbocycles. The van der Waals surface area contributed by atoms with E-state index in [0.29, 0.717) is 6.04 Å². The first-order valence-electron chi connectivity index (χ1n) is 6.65. The lowest BCUT2D eigenvalue weighted by atomic mass is 9.97. The molecule has 1 N–H and O–H groups in total. The van der Waals surface area contributed by atoms with Gasteiger partial charge in [-0.3, -0.25) is 0 Å². The highest BCUT2D eigenvalue weighted by molar-refractivity contribution is 6.30. The number of rotatable bonds is 4. The van der Waals surface area contributed by atoms with Gasteiger partial charge in [-0.1, -0.05) is 43.5 Å². The van der Waals surface area contributed by atoms with Crippen LogP contribution in [0.25, 0.3) is 0 Å². The molecule has 1 nitrogen and oxygen atoms in total. The van der Waals surface area contributed by atoms with Gasteiger partial charge in [-0.05, 0) is 49.4 Å². The fraction of sp³-hybridized carbons (Fsp3) is 0.600. The van der Waals surface area contributed by atoms with Crippen LogP contribution < -0.4 is 5.32 Å². The third-order valence-electron chi connectivity index (χ3n) is 4.10. The Morgan fingerprint density at radius 2 is 2.00 bits per heavy atom. The van der Waals surface area contributed by atoms with Gasteiger partial charge in [0.05, 0.1) is 0 Å². The Morgan fingerprint density at radius 3 is 2.59 bits per heavy atom. The maximum atomic E-state index is 5.90. The first kappa shape index (κ1) is 12.9. The zero-order chi connectivity index (χ0) is 12.3. The Labute approximate surface area is 110 Å². The standard InChI is InChI=1S/C15H22ClN/c1-11-4-3-5-14(11)10-17-12(2)13-6-8-15(16)9-7-13/h6-9,11-12,14,17H,3-5,10H2,1-2H3. The fourth-order valence-electron chi connectivity index (χ4n) is 2.72. The van der Waals surface area contributed by atoms with E-state index in [2.05, 4.69) is 31.3 Å². The van der Waals surface area contributed by atoms with E-state index >= 15 is 0 Å². The highest BCUT2D eigenvalue weighted by Gasteiger charge is 2.23. The van der Waals surface area contributed by atoms with Crippen molar-refractivity contribution in [3.63, 3.8) is 0 Å². The van der Waals surface area contributed by atoms with E-state index in [0.717, 1.165) is 23.4 Å². The largest absolute Gasteiger partial charge is 0.310 e. The number of nitrogens with one attached hydrogen (secondary N) is 1. The summed E-state index contributed by atoms with van der Waals surface area (Å²) in [4.78, 5) is 0. The third kappa shape index (κ3) is 3.46. The number of benzene rings is 1. The van der Waals surface area contributed by atoms with Crippen LogP contribution in [0.15, 0.2) is 24.3 Å². The second-order valence-corrected chi connectivity index (χ2v) is 5.79.